The second-order valence-corrected chi connectivity index (χ2v) is 6.15. The fourth-order valence-corrected chi connectivity index (χ4v) is 3.00. The minimum absolute atomic E-state index is 0.0365. The molecule has 0 fully saturated rings. The molecule has 1 aromatic carbocycles. The fourth-order valence-electron chi connectivity index (χ4n) is 2.13. The van der Waals surface area contributed by atoms with Gasteiger partial charge >= 0.3 is 0 Å². The molecule has 128 valence electrons. The summed E-state index contributed by atoms with van der Waals surface area (Å²) in [6.45, 7) is 1.79. The molecule has 5 nitrogen and oxygen atoms in total. The Hall–Kier alpha value is -2.74. The zero-order valence-electron chi connectivity index (χ0n) is 13.1. The number of aryl methyl sites for hydroxylation is 1. The van der Waals surface area contributed by atoms with Gasteiger partial charge in [-0.15, -0.1) is 0 Å². The molecule has 0 atom stereocenters. The smallest absolute Gasteiger partial charge is 0.258 e. The SMILES string of the molecule is Cc1cc(CSc2ncccc2C(=O)Nc2cc(F)cc(F)c2)no1. The highest BCUT2D eigenvalue weighted by Gasteiger charge is 2.14. The summed E-state index contributed by atoms with van der Waals surface area (Å²) in [5.74, 6) is -0.863. The molecule has 0 saturated carbocycles. The highest BCUT2D eigenvalue weighted by molar-refractivity contribution is 7.98. The van der Waals surface area contributed by atoms with Crippen LogP contribution in [0.15, 0.2) is 52.1 Å². The number of hydrogen-bond donors (Lipinski definition) is 1. The van der Waals surface area contributed by atoms with Crippen LogP contribution in [0.5, 0.6) is 0 Å². The average molecular weight is 361 g/mol. The number of carbonyl (C=O) groups is 1. The van der Waals surface area contributed by atoms with E-state index in [4.69, 9.17) is 4.52 Å². The molecule has 0 aliphatic carbocycles. The van der Waals surface area contributed by atoms with Gasteiger partial charge in [0, 0.05) is 29.8 Å². The van der Waals surface area contributed by atoms with Crippen molar-refractivity contribution in [3.63, 3.8) is 0 Å². The van der Waals surface area contributed by atoms with Crippen LogP contribution >= 0.6 is 11.8 Å². The number of rotatable bonds is 5. The Balaban J connectivity index is 1.76. The number of amides is 1. The number of aromatic nitrogens is 2. The van der Waals surface area contributed by atoms with Crippen molar-refractivity contribution in [2.45, 2.75) is 17.7 Å². The summed E-state index contributed by atoms with van der Waals surface area (Å²) in [7, 11) is 0. The molecule has 0 spiro atoms. The van der Waals surface area contributed by atoms with Crippen molar-refractivity contribution in [1.82, 2.24) is 10.1 Å². The van der Waals surface area contributed by atoms with Gasteiger partial charge in [0.25, 0.3) is 5.91 Å². The van der Waals surface area contributed by atoms with Crippen molar-refractivity contribution >= 4 is 23.4 Å². The number of nitrogens with one attached hydrogen (secondary N) is 1. The van der Waals surface area contributed by atoms with Crippen LogP contribution < -0.4 is 5.32 Å². The van der Waals surface area contributed by atoms with Gasteiger partial charge in [-0.2, -0.15) is 0 Å². The van der Waals surface area contributed by atoms with E-state index in [0.717, 1.165) is 23.9 Å². The van der Waals surface area contributed by atoms with Crippen LogP contribution in [0.1, 0.15) is 21.8 Å². The molecule has 0 radical (unpaired) electrons. The van der Waals surface area contributed by atoms with Gasteiger partial charge < -0.3 is 9.84 Å². The van der Waals surface area contributed by atoms with Crippen molar-refractivity contribution in [2.24, 2.45) is 0 Å². The van der Waals surface area contributed by atoms with Crippen LogP contribution in [0.3, 0.4) is 0 Å². The normalized spacial score (nSPS) is 10.7. The molecule has 0 unspecified atom stereocenters. The van der Waals surface area contributed by atoms with Crippen LogP contribution in [0.4, 0.5) is 14.5 Å². The largest absolute Gasteiger partial charge is 0.361 e. The molecule has 0 aliphatic rings. The minimum Gasteiger partial charge on any atom is -0.361 e. The highest BCUT2D eigenvalue weighted by Crippen LogP contribution is 2.25. The lowest BCUT2D eigenvalue weighted by Crippen LogP contribution is -2.14. The van der Waals surface area contributed by atoms with Crippen LogP contribution in [0.25, 0.3) is 0 Å². The molecule has 8 heteroatoms. The Kier molecular flexibility index (Phi) is 5.08. The van der Waals surface area contributed by atoms with Gasteiger partial charge in [0.2, 0.25) is 0 Å². The first kappa shape index (κ1) is 17.1. The number of pyridine rings is 1. The quantitative estimate of drug-likeness (QED) is 0.690. The molecular formula is C17H13F2N3O2S. The number of anilines is 1. The molecule has 1 amide bonds. The molecule has 2 heterocycles. The van der Waals surface area contributed by atoms with Crippen LogP contribution in [-0.4, -0.2) is 16.0 Å². The van der Waals surface area contributed by atoms with E-state index in [2.05, 4.69) is 15.5 Å². The van der Waals surface area contributed by atoms with Gasteiger partial charge in [-0.3, -0.25) is 4.79 Å². The number of benzene rings is 1. The summed E-state index contributed by atoms with van der Waals surface area (Å²) < 4.78 is 31.5. The summed E-state index contributed by atoms with van der Waals surface area (Å²) in [6.07, 6.45) is 1.56. The molecule has 0 aliphatic heterocycles. The monoisotopic (exact) mass is 361 g/mol. The maximum absolute atomic E-state index is 13.2. The van der Waals surface area contributed by atoms with Crippen molar-refractivity contribution in [3.8, 4) is 0 Å². The summed E-state index contributed by atoms with van der Waals surface area (Å²) in [5, 5.41) is 6.84. The summed E-state index contributed by atoms with van der Waals surface area (Å²) in [6, 6.07) is 7.83. The Morgan fingerprint density at radius 2 is 2.00 bits per heavy atom. The maximum Gasteiger partial charge on any atom is 0.258 e. The van der Waals surface area contributed by atoms with Crippen LogP contribution in [-0.2, 0) is 5.75 Å². The Morgan fingerprint density at radius 1 is 1.24 bits per heavy atom. The van der Waals surface area contributed by atoms with Crippen molar-refractivity contribution in [1.29, 1.82) is 0 Å². The van der Waals surface area contributed by atoms with Crippen molar-refractivity contribution in [3.05, 3.63) is 71.2 Å². The molecule has 2 aromatic heterocycles. The first-order valence-electron chi connectivity index (χ1n) is 7.29. The van der Waals surface area contributed by atoms with Crippen LogP contribution in [0.2, 0.25) is 0 Å². The Morgan fingerprint density at radius 3 is 2.68 bits per heavy atom. The zero-order valence-corrected chi connectivity index (χ0v) is 13.9. The molecule has 25 heavy (non-hydrogen) atoms. The molecule has 3 aromatic rings. The predicted octanol–water partition coefficient (Wildman–Crippen LogP) is 4.20. The van der Waals surface area contributed by atoms with Gasteiger partial charge in [-0.25, -0.2) is 13.8 Å². The van der Waals surface area contributed by atoms with Crippen molar-refractivity contribution < 1.29 is 18.1 Å². The first-order chi connectivity index (χ1) is 12.0. The third-order valence-electron chi connectivity index (χ3n) is 3.17. The fraction of sp³-hybridized carbons (Fsp3) is 0.118. The van der Waals surface area contributed by atoms with E-state index in [1.807, 2.05) is 0 Å². The predicted molar refractivity (Wildman–Crippen MR) is 89.3 cm³/mol. The molecule has 0 bridgehead atoms. The lowest BCUT2D eigenvalue weighted by atomic mass is 10.2. The first-order valence-corrected chi connectivity index (χ1v) is 8.27. The molecule has 1 N–H and O–H groups in total. The van der Waals surface area contributed by atoms with E-state index < -0.39 is 17.5 Å². The minimum atomic E-state index is -0.766. The molecular weight excluding hydrogens is 348 g/mol. The number of thioether (sulfide) groups is 1. The summed E-state index contributed by atoms with van der Waals surface area (Å²) in [4.78, 5) is 16.6. The lowest BCUT2D eigenvalue weighted by molar-refractivity contribution is 0.102. The van der Waals surface area contributed by atoms with E-state index in [1.54, 1.807) is 31.3 Å². The summed E-state index contributed by atoms with van der Waals surface area (Å²) >= 11 is 1.32. The van der Waals surface area contributed by atoms with E-state index in [9.17, 15) is 13.6 Å². The molecule has 0 saturated heterocycles. The second kappa shape index (κ2) is 7.43. The van der Waals surface area contributed by atoms with Gasteiger partial charge in [-0.05, 0) is 31.2 Å². The number of hydrogen-bond acceptors (Lipinski definition) is 5. The zero-order chi connectivity index (χ0) is 17.8. The third kappa shape index (κ3) is 4.42. The molecule has 3 rings (SSSR count). The summed E-state index contributed by atoms with van der Waals surface area (Å²) in [5.41, 5.74) is 1.07. The standard InChI is InChI=1S/C17H13F2N3O2S/c1-10-5-14(22-24-10)9-25-17-15(3-2-4-20-17)16(23)21-13-7-11(18)6-12(19)8-13/h2-8H,9H2,1H3,(H,21,23). The number of halogens is 2. The highest BCUT2D eigenvalue weighted by atomic mass is 32.2. The van der Waals surface area contributed by atoms with Gasteiger partial charge in [0.15, 0.2) is 0 Å². The van der Waals surface area contributed by atoms with Gasteiger partial charge in [0.1, 0.15) is 22.4 Å². The van der Waals surface area contributed by atoms with E-state index in [0.29, 0.717) is 22.1 Å². The third-order valence-corrected chi connectivity index (χ3v) is 4.21. The lowest BCUT2D eigenvalue weighted by Gasteiger charge is -2.09. The van der Waals surface area contributed by atoms with Crippen molar-refractivity contribution in [2.75, 3.05) is 5.32 Å². The number of carbonyl (C=O) groups excluding carboxylic acids is 1. The van der Waals surface area contributed by atoms with Gasteiger partial charge in [-0.1, -0.05) is 16.9 Å². The number of nitrogens with zero attached hydrogens (tertiary/aromatic N) is 2. The van der Waals surface area contributed by atoms with Crippen LogP contribution in [0, 0.1) is 18.6 Å². The Bertz CT molecular complexity index is 894. The second-order valence-electron chi connectivity index (χ2n) is 5.19. The average Bonchev–Trinajstić information content (AvgIpc) is 2.97. The topological polar surface area (TPSA) is 68.0 Å². The van der Waals surface area contributed by atoms with Gasteiger partial charge in [0.05, 0.1) is 11.3 Å². The van der Waals surface area contributed by atoms with E-state index in [1.165, 1.54) is 11.8 Å². The maximum atomic E-state index is 13.2. The van der Waals surface area contributed by atoms with E-state index in [-0.39, 0.29) is 5.69 Å². The van der Waals surface area contributed by atoms with E-state index >= 15 is 0 Å². The Labute approximate surface area is 146 Å².